The third kappa shape index (κ3) is 129. The van der Waals surface area contributed by atoms with Gasteiger partial charge in [0.25, 0.3) is 0 Å². The normalized spacial score (nSPS) is 14.2. The molecule has 894 valence electrons. The van der Waals surface area contributed by atoms with E-state index in [0.717, 1.165) is 188 Å². The van der Waals surface area contributed by atoms with E-state index in [9.17, 15) is 40.9 Å². The largest absolute Gasteiger partial charge is 0.392 e. The molecule has 19 nitrogen and oxygen atoms in total. The van der Waals surface area contributed by atoms with Gasteiger partial charge in [-0.05, 0) is 215 Å². The van der Waals surface area contributed by atoms with E-state index in [-0.39, 0.29) is 62.4 Å². The molecule has 147 heavy (non-hydrogen) atoms. The summed E-state index contributed by atoms with van der Waals surface area (Å²) in [5.74, 6) is 1.14. The summed E-state index contributed by atoms with van der Waals surface area (Å²) in [4.78, 5) is 11.3. The molecule has 0 spiro atoms. The monoisotopic (exact) mass is 2100 g/mol. The number of nitrogens with zero attached hydrogens (tertiary/aromatic N) is 5. The molecule has 19 heteroatoms. The number of likely N-dealkylation sites (N-methyl/N-ethyl adjacent to an activating group) is 3. The van der Waals surface area contributed by atoms with Crippen molar-refractivity contribution >= 4 is 0 Å². The van der Waals surface area contributed by atoms with E-state index >= 15 is 0 Å². The van der Waals surface area contributed by atoms with Crippen LogP contribution >= 0.6 is 0 Å². The molecule has 0 saturated carbocycles. The van der Waals surface area contributed by atoms with Gasteiger partial charge in [0.1, 0.15) is 0 Å². The van der Waals surface area contributed by atoms with Crippen molar-refractivity contribution in [1.82, 2.24) is 51.1 Å². The number of hydrogen-bond donors (Lipinski definition) is 14. The lowest BCUT2D eigenvalue weighted by Gasteiger charge is -2.29. The van der Waals surface area contributed by atoms with Crippen molar-refractivity contribution in [1.29, 1.82) is 0 Å². The van der Waals surface area contributed by atoms with E-state index in [1.54, 1.807) is 0 Å². The molecule has 0 rings (SSSR count). The molecule has 0 radical (unpaired) electrons. The third-order valence-electron chi connectivity index (χ3n) is 30.9. The van der Waals surface area contributed by atoms with Gasteiger partial charge in [-0.2, -0.15) is 0 Å². The Balaban J connectivity index is -0.000000446. The number of nitrogens with one attached hydrogen (secondary N) is 5. The molecule has 0 aromatic rings. The van der Waals surface area contributed by atoms with Gasteiger partial charge in [0.2, 0.25) is 0 Å². The molecule has 0 heterocycles. The van der Waals surface area contributed by atoms with E-state index in [0.29, 0.717) is 50.5 Å². The van der Waals surface area contributed by atoms with E-state index in [2.05, 4.69) is 128 Å². The van der Waals surface area contributed by atoms with E-state index in [1.807, 2.05) is 48.8 Å². The molecule has 0 aliphatic rings. The van der Waals surface area contributed by atoms with Gasteiger partial charge in [0.15, 0.2) is 0 Å². The van der Waals surface area contributed by atoms with Crippen LogP contribution in [-0.2, 0) is 0 Å². The summed E-state index contributed by atoms with van der Waals surface area (Å²) in [6.07, 6.45) is 99.4. The molecule has 0 aliphatic carbocycles. The van der Waals surface area contributed by atoms with Gasteiger partial charge < -0.3 is 87.2 Å². The Morgan fingerprint density at radius 2 is 0.361 bits per heavy atom. The highest BCUT2D eigenvalue weighted by atomic mass is 16.3. The van der Waals surface area contributed by atoms with Crippen molar-refractivity contribution in [3.8, 4) is 0 Å². The van der Waals surface area contributed by atoms with Crippen molar-refractivity contribution in [3.63, 3.8) is 0 Å². The zero-order chi connectivity index (χ0) is 109. The second-order valence-corrected chi connectivity index (χ2v) is 46.3. The second kappa shape index (κ2) is 130. The Bertz CT molecular complexity index is 2320. The molecule has 12 atom stereocenters. The minimum atomic E-state index is -0.339. The highest BCUT2D eigenvalue weighted by molar-refractivity contribution is 4.77. The minimum Gasteiger partial charge on any atom is -0.392 e. The fourth-order valence-corrected chi connectivity index (χ4v) is 19.8. The molecule has 0 amide bonds. The molecular weight excluding hydrogens is 1820 g/mol. The Labute approximate surface area is 922 Å². The van der Waals surface area contributed by atoms with E-state index in [4.69, 9.17) is 5.11 Å². The van der Waals surface area contributed by atoms with E-state index in [1.165, 1.54) is 405 Å². The Hall–Kier alpha value is -0.760. The summed E-state index contributed by atoms with van der Waals surface area (Å²) < 4.78 is 0. The van der Waals surface area contributed by atoms with Crippen LogP contribution in [0.4, 0.5) is 0 Å². The van der Waals surface area contributed by atoms with Crippen LogP contribution in [0.2, 0.25) is 0 Å². The maximum absolute atomic E-state index is 10.9. The first-order valence-electron chi connectivity index (χ1n) is 64.9. The molecule has 0 aliphatic heterocycles. The average molecular weight is 2100 g/mol. The molecule has 12 unspecified atom stereocenters. The lowest BCUT2D eigenvalue weighted by Crippen LogP contribution is -2.40. The van der Waals surface area contributed by atoms with Gasteiger partial charge >= 0.3 is 0 Å². The first-order valence-corrected chi connectivity index (χ1v) is 64.9. The number of aliphatic hydroxyl groups is 9. The molecule has 0 bridgehead atoms. The van der Waals surface area contributed by atoms with Crippen LogP contribution in [0, 0.1) is 17.8 Å². The number of unbranched alkanes of at least 4 members (excludes halogenated alkanes) is 59. The molecule has 0 fully saturated rings. The second-order valence-electron chi connectivity index (χ2n) is 46.3. The van der Waals surface area contributed by atoms with Gasteiger partial charge in [-0.15, -0.1) is 0 Å². The first-order chi connectivity index (χ1) is 70.9. The number of rotatable bonds is 114. The van der Waals surface area contributed by atoms with Gasteiger partial charge in [0.05, 0.1) is 54.9 Å². The summed E-state index contributed by atoms with van der Waals surface area (Å²) in [6, 6.07) is 0. The number of aliphatic hydroxyl groups excluding tert-OH is 9. The van der Waals surface area contributed by atoms with Crippen LogP contribution in [0.5, 0.6) is 0 Å². The Kier molecular flexibility index (Phi) is 139. The topological polar surface area (TPSA) is 258 Å². The average Bonchev–Trinajstić information content (AvgIpc) is 0.931. The maximum atomic E-state index is 10.9. The van der Waals surface area contributed by atoms with Crippen LogP contribution in [0.25, 0.3) is 0 Å². The van der Waals surface area contributed by atoms with E-state index < -0.39 is 0 Å². The van der Waals surface area contributed by atoms with Crippen LogP contribution in [0.1, 0.15) is 591 Å². The minimum absolute atomic E-state index is 0. The van der Waals surface area contributed by atoms with Crippen molar-refractivity contribution in [2.75, 3.05) is 167 Å². The standard InChI is InChI=1S/C44H92N2O3.2C26H56N2O2.C23H50N2O.C8H20N2O.CH4/c1-6-9-11-13-15-17-19-21-22-24-26-28-30-32-35-43(48)39-46(38-42(47)8-3)37-33-36-45(5)40-44(49)41(4)34-31-29-27-25-23-20-18-16-14-12-10-7-2;1-5-7-8-9-10-11-12-13-14-15-16-17-19-24(3)26(30)23-28(4)21-18-20-27-22-25(29)6-2;1-4-6-7-8-9-10-11-12-13-14-15-16-17-18-20-26(30)24-28(22-19-21-27-3)23-25(29)5-2;1-5-6-7-8-9-10-11-12-13-14-15-16-18-22(2)23(26)21-25(4)20-17-19-24-3;1-3-8(11)7-10-6-4-5-9-2;/h41-44,47-49H,6-40H2,1-5H3;24-27,29-30H,5-23H2,1-4H3;25-27,29-30H,4-24H2,1-3H3;22-24,26H,5-21H2,1-4H3;8-11H,3-7H2,1-2H3;1H4. The van der Waals surface area contributed by atoms with Crippen LogP contribution < -0.4 is 26.6 Å². The third-order valence-corrected chi connectivity index (χ3v) is 30.9. The lowest BCUT2D eigenvalue weighted by molar-refractivity contribution is 0.0564. The first kappa shape index (κ1) is 157. The predicted molar refractivity (Wildman–Crippen MR) is 652 cm³/mol. The summed E-state index contributed by atoms with van der Waals surface area (Å²) in [6.45, 7) is 42.2. The van der Waals surface area contributed by atoms with Gasteiger partial charge in [0, 0.05) is 58.9 Å². The van der Waals surface area contributed by atoms with Crippen molar-refractivity contribution < 1.29 is 46.0 Å². The number of hydrogen-bond acceptors (Lipinski definition) is 19. The highest BCUT2D eigenvalue weighted by Crippen LogP contribution is 2.24. The summed E-state index contributed by atoms with van der Waals surface area (Å²) in [5.41, 5.74) is 0. The summed E-state index contributed by atoms with van der Waals surface area (Å²) in [5, 5.41) is 108. The fraction of sp³-hybridized carbons (Fsp3) is 1.00. The zero-order valence-electron chi connectivity index (χ0n) is 102. The smallest absolute Gasteiger partial charge is 0.0692 e. The molecular formula is C128H278N10O9. The van der Waals surface area contributed by atoms with Gasteiger partial charge in [-0.3, -0.25) is 9.80 Å². The van der Waals surface area contributed by atoms with Gasteiger partial charge in [-0.1, -0.05) is 501 Å². The SMILES string of the molecule is C.CCC(O)CNCCCNC.CCCCCCCCCCCCCCC(C)C(O)CN(C)CCCNC.CCCCCCCCCCCCCCC(C)C(O)CN(C)CCCNCC(O)CC.CCCCCCCCCCCCCCCCC(O)CN(CCCN(C)CC(O)C(C)CCCCCCCCCCCCCC)CC(O)CC.CCCCCCCCCCCCCCCCC(O)CN(CCCNC)CC(O)CC. The van der Waals surface area contributed by atoms with Crippen LogP contribution in [0.15, 0.2) is 0 Å². The van der Waals surface area contributed by atoms with Gasteiger partial charge in [-0.25, -0.2) is 0 Å². The predicted octanol–water partition coefficient (Wildman–Crippen LogP) is 29.6. The fourth-order valence-electron chi connectivity index (χ4n) is 19.8. The summed E-state index contributed by atoms with van der Waals surface area (Å²) >= 11 is 0. The van der Waals surface area contributed by atoms with Crippen LogP contribution in [0.3, 0.4) is 0 Å². The Morgan fingerprint density at radius 3 is 0.585 bits per heavy atom. The van der Waals surface area contributed by atoms with Crippen molar-refractivity contribution in [3.05, 3.63) is 0 Å². The molecule has 0 saturated heterocycles. The molecule has 14 N–H and O–H groups in total. The zero-order valence-corrected chi connectivity index (χ0v) is 102. The molecule has 0 aromatic heterocycles. The van der Waals surface area contributed by atoms with Crippen LogP contribution in [-0.4, -0.2) is 292 Å². The van der Waals surface area contributed by atoms with Crippen molar-refractivity contribution in [2.45, 2.75) is 646 Å². The highest BCUT2D eigenvalue weighted by Gasteiger charge is 2.22. The quantitative estimate of drug-likeness (QED) is 0.0253. The van der Waals surface area contributed by atoms with Crippen molar-refractivity contribution in [2.24, 2.45) is 17.8 Å². The summed E-state index contributed by atoms with van der Waals surface area (Å²) in [7, 11) is 12.2. The molecule has 0 aromatic carbocycles. The lowest BCUT2D eigenvalue weighted by atomic mass is 9.96. The maximum Gasteiger partial charge on any atom is 0.0692 e. The Morgan fingerprint density at radius 1 is 0.184 bits per heavy atom.